The average Bonchev–Trinajstić information content (AvgIpc) is 3.27. The second-order valence-corrected chi connectivity index (χ2v) is 6.93. The number of esters is 1. The first-order chi connectivity index (χ1) is 13.1. The molecular weight excluding hydrogens is 348 g/mol. The van der Waals surface area contributed by atoms with E-state index >= 15 is 0 Å². The van der Waals surface area contributed by atoms with Gasteiger partial charge < -0.3 is 9.15 Å². The molecule has 4 rings (SSSR count). The summed E-state index contributed by atoms with van der Waals surface area (Å²) in [6, 6.07) is 9.38. The van der Waals surface area contributed by atoms with Crippen molar-refractivity contribution in [3.8, 4) is 11.5 Å². The zero-order valence-electron chi connectivity index (χ0n) is 14.8. The minimum Gasteiger partial charge on any atom is -0.458 e. The first kappa shape index (κ1) is 17.5. The van der Waals surface area contributed by atoms with Gasteiger partial charge in [-0.3, -0.25) is 19.3 Å². The highest BCUT2D eigenvalue weighted by atomic mass is 16.5. The lowest BCUT2D eigenvalue weighted by atomic mass is 9.81. The third-order valence-electron chi connectivity index (χ3n) is 5.17. The summed E-state index contributed by atoms with van der Waals surface area (Å²) in [5, 5.41) is 0. The Labute approximate surface area is 156 Å². The number of nitrogens with zero attached hydrogens (tertiary/aromatic N) is 2. The number of hydrogen-bond acceptors (Lipinski definition) is 6. The number of rotatable bonds is 5. The molecular formula is C20H20N2O5. The molecule has 140 valence electrons. The van der Waals surface area contributed by atoms with Gasteiger partial charge in [-0.2, -0.15) is 0 Å². The van der Waals surface area contributed by atoms with Crippen LogP contribution in [0.4, 0.5) is 0 Å². The number of imide groups is 1. The normalized spacial score (nSPS) is 22.0. The van der Waals surface area contributed by atoms with Crippen molar-refractivity contribution >= 4 is 17.8 Å². The van der Waals surface area contributed by atoms with Crippen LogP contribution >= 0.6 is 0 Å². The highest BCUT2D eigenvalue weighted by Crippen LogP contribution is 2.37. The van der Waals surface area contributed by atoms with E-state index < -0.39 is 5.97 Å². The number of aromatic nitrogens is 1. The monoisotopic (exact) mass is 368 g/mol. The van der Waals surface area contributed by atoms with E-state index in [1.54, 1.807) is 0 Å². The summed E-state index contributed by atoms with van der Waals surface area (Å²) >= 11 is 0. The molecule has 2 aliphatic rings. The van der Waals surface area contributed by atoms with Gasteiger partial charge in [0.15, 0.2) is 0 Å². The molecule has 0 spiro atoms. The van der Waals surface area contributed by atoms with Gasteiger partial charge in [0.05, 0.1) is 11.8 Å². The fourth-order valence-corrected chi connectivity index (χ4v) is 3.80. The number of carbonyl (C=O) groups excluding carboxylic acids is 3. The number of ether oxygens (including phenoxy) is 1. The molecule has 0 radical (unpaired) electrons. The van der Waals surface area contributed by atoms with Crippen molar-refractivity contribution < 1.29 is 23.5 Å². The smallest absolute Gasteiger partial charge is 0.326 e. The first-order valence-corrected chi connectivity index (χ1v) is 9.14. The summed E-state index contributed by atoms with van der Waals surface area (Å²) in [6.45, 7) is -0.410. The van der Waals surface area contributed by atoms with E-state index in [0.717, 1.165) is 36.1 Å². The molecule has 27 heavy (non-hydrogen) atoms. The summed E-state index contributed by atoms with van der Waals surface area (Å²) in [6.07, 6.45) is 4.78. The third kappa shape index (κ3) is 3.49. The van der Waals surface area contributed by atoms with Crippen LogP contribution in [0.15, 0.2) is 41.0 Å². The lowest BCUT2D eigenvalue weighted by molar-refractivity contribution is -0.153. The lowest BCUT2D eigenvalue weighted by Gasteiger charge is -2.19. The Bertz CT molecular complexity index is 836. The first-order valence-electron chi connectivity index (χ1n) is 9.14. The fraction of sp³-hybridized carbons (Fsp3) is 0.400. The molecule has 1 saturated carbocycles. The van der Waals surface area contributed by atoms with Crippen molar-refractivity contribution in [1.82, 2.24) is 9.88 Å². The number of benzene rings is 1. The number of fused-ring (bicyclic) bond motifs is 1. The van der Waals surface area contributed by atoms with Crippen molar-refractivity contribution in [2.45, 2.75) is 32.3 Å². The second-order valence-electron chi connectivity index (χ2n) is 6.93. The minimum absolute atomic E-state index is 0.0712. The van der Waals surface area contributed by atoms with Crippen LogP contribution in [0.5, 0.6) is 0 Å². The van der Waals surface area contributed by atoms with E-state index in [2.05, 4.69) is 4.98 Å². The van der Waals surface area contributed by atoms with E-state index in [-0.39, 0.29) is 36.8 Å². The van der Waals surface area contributed by atoms with E-state index in [1.807, 2.05) is 30.3 Å². The molecule has 2 atom stereocenters. The quantitative estimate of drug-likeness (QED) is 0.595. The van der Waals surface area contributed by atoms with Gasteiger partial charge >= 0.3 is 5.97 Å². The highest BCUT2D eigenvalue weighted by molar-refractivity contribution is 6.07. The van der Waals surface area contributed by atoms with Gasteiger partial charge in [-0.25, -0.2) is 4.98 Å². The van der Waals surface area contributed by atoms with E-state index in [1.165, 1.54) is 6.26 Å². The topological polar surface area (TPSA) is 89.7 Å². The molecule has 7 heteroatoms. The van der Waals surface area contributed by atoms with Gasteiger partial charge in [-0.05, 0) is 25.0 Å². The van der Waals surface area contributed by atoms with Crippen LogP contribution in [0.1, 0.15) is 31.4 Å². The standard InChI is InChI=1S/C20H20N2O5/c23-17(10-22-19(24)15-8-4-5-9-16(15)20(22)25)26-11-14-12-27-18(21-14)13-6-2-1-3-7-13/h1-3,6-7,12,15-16H,4-5,8-11H2/t15-,16-/m0/s1. The van der Waals surface area contributed by atoms with Crippen molar-refractivity contribution in [3.05, 3.63) is 42.3 Å². The van der Waals surface area contributed by atoms with Crippen LogP contribution in [0.2, 0.25) is 0 Å². The van der Waals surface area contributed by atoms with Crippen LogP contribution in [0.25, 0.3) is 11.5 Å². The van der Waals surface area contributed by atoms with Gasteiger partial charge in [-0.15, -0.1) is 0 Å². The number of hydrogen-bond donors (Lipinski definition) is 0. The lowest BCUT2D eigenvalue weighted by Crippen LogP contribution is -2.36. The Kier molecular flexibility index (Phi) is 4.75. The van der Waals surface area contributed by atoms with Crippen LogP contribution < -0.4 is 0 Å². The largest absolute Gasteiger partial charge is 0.458 e. The molecule has 2 aromatic rings. The summed E-state index contributed by atoms with van der Waals surface area (Å²) < 4.78 is 10.6. The SMILES string of the molecule is O=C(CN1C(=O)[C@H]2CCCC[C@@H]2C1=O)OCc1coc(-c2ccccc2)n1. The maximum absolute atomic E-state index is 12.4. The Morgan fingerprint density at radius 3 is 2.44 bits per heavy atom. The van der Waals surface area contributed by atoms with Crippen LogP contribution in [-0.4, -0.2) is 34.2 Å². The number of likely N-dealkylation sites (tertiary alicyclic amines) is 1. The molecule has 7 nitrogen and oxygen atoms in total. The third-order valence-corrected chi connectivity index (χ3v) is 5.17. The molecule has 2 fully saturated rings. The molecule has 1 aliphatic carbocycles. The summed E-state index contributed by atoms with van der Waals surface area (Å²) in [4.78, 5) is 42.2. The maximum Gasteiger partial charge on any atom is 0.326 e. The number of amides is 2. The highest BCUT2D eigenvalue weighted by Gasteiger charge is 2.48. The van der Waals surface area contributed by atoms with Crippen molar-refractivity contribution in [2.75, 3.05) is 6.54 Å². The Morgan fingerprint density at radius 1 is 1.11 bits per heavy atom. The molecule has 0 N–H and O–H groups in total. The summed E-state index contributed by atoms with van der Waals surface area (Å²) in [7, 11) is 0. The van der Waals surface area contributed by atoms with E-state index in [0.29, 0.717) is 11.6 Å². The van der Waals surface area contributed by atoms with Gasteiger partial charge in [-0.1, -0.05) is 31.0 Å². The van der Waals surface area contributed by atoms with Crippen LogP contribution in [0, 0.1) is 11.8 Å². The number of carbonyl (C=O) groups is 3. The second kappa shape index (κ2) is 7.34. The molecule has 1 aromatic carbocycles. The van der Waals surface area contributed by atoms with Crippen molar-refractivity contribution in [3.63, 3.8) is 0 Å². The Hall–Kier alpha value is -2.96. The summed E-state index contributed by atoms with van der Waals surface area (Å²) in [5.41, 5.74) is 1.29. The predicted molar refractivity (Wildman–Crippen MR) is 93.9 cm³/mol. The minimum atomic E-state index is -0.625. The molecule has 0 bridgehead atoms. The van der Waals surface area contributed by atoms with Gasteiger partial charge in [0.2, 0.25) is 17.7 Å². The van der Waals surface area contributed by atoms with Gasteiger partial charge in [0.25, 0.3) is 0 Å². The maximum atomic E-state index is 12.4. The molecule has 2 amide bonds. The van der Waals surface area contributed by atoms with Crippen LogP contribution in [-0.2, 0) is 25.7 Å². The Balaban J connectivity index is 1.33. The van der Waals surface area contributed by atoms with Gasteiger partial charge in [0, 0.05) is 5.56 Å². The predicted octanol–water partition coefficient (Wildman–Crippen LogP) is 2.56. The van der Waals surface area contributed by atoms with Crippen molar-refractivity contribution in [1.29, 1.82) is 0 Å². The van der Waals surface area contributed by atoms with Crippen LogP contribution in [0.3, 0.4) is 0 Å². The summed E-state index contributed by atoms with van der Waals surface area (Å²) in [5.74, 6) is -1.19. The molecule has 1 aliphatic heterocycles. The van der Waals surface area contributed by atoms with Gasteiger partial charge in [0.1, 0.15) is 25.1 Å². The number of oxazole rings is 1. The molecule has 2 heterocycles. The average molecular weight is 368 g/mol. The van der Waals surface area contributed by atoms with Crippen molar-refractivity contribution in [2.24, 2.45) is 11.8 Å². The molecule has 1 aromatic heterocycles. The zero-order valence-corrected chi connectivity index (χ0v) is 14.8. The molecule has 1 saturated heterocycles. The van der Waals surface area contributed by atoms with E-state index in [9.17, 15) is 14.4 Å². The fourth-order valence-electron chi connectivity index (χ4n) is 3.80. The Morgan fingerprint density at radius 2 is 1.78 bits per heavy atom. The van der Waals surface area contributed by atoms with E-state index in [4.69, 9.17) is 9.15 Å². The molecule has 0 unspecified atom stereocenters. The zero-order chi connectivity index (χ0) is 18.8.